The number of fused-ring (bicyclic) bond motifs is 3. The van der Waals surface area contributed by atoms with Crippen LogP contribution in [0.1, 0.15) is 49.4 Å². The number of imidazole rings is 1. The lowest BCUT2D eigenvalue weighted by atomic mass is 9.99. The molecule has 0 spiro atoms. The van der Waals surface area contributed by atoms with Crippen LogP contribution in [0.15, 0.2) is 36.7 Å². The number of rotatable bonds is 7. The number of piperidine rings is 1. The molecule has 39 heavy (non-hydrogen) atoms. The second kappa shape index (κ2) is 10.2. The quantitative estimate of drug-likeness (QED) is 0.342. The van der Waals surface area contributed by atoms with Crippen molar-refractivity contribution in [1.82, 2.24) is 29.4 Å². The van der Waals surface area contributed by atoms with Crippen molar-refractivity contribution < 1.29 is 13.9 Å². The van der Waals surface area contributed by atoms with E-state index in [4.69, 9.17) is 14.5 Å². The van der Waals surface area contributed by atoms with E-state index in [2.05, 4.69) is 32.8 Å². The lowest BCUT2D eigenvalue weighted by molar-refractivity contribution is 0.0528. The molecule has 4 aromatic rings. The first-order valence-corrected chi connectivity index (χ1v) is 13.3. The molecule has 5 heterocycles. The predicted molar refractivity (Wildman–Crippen MR) is 143 cm³/mol. The summed E-state index contributed by atoms with van der Waals surface area (Å²) in [6.45, 7) is 5.27. The Morgan fingerprint density at radius 1 is 1.10 bits per heavy atom. The Morgan fingerprint density at radius 2 is 1.90 bits per heavy atom. The highest BCUT2D eigenvalue weighted by atomic mass is 19.1. The van der Waals surface area contributed by atoms with Crippen LogP contribution in [0.3, 0.4) is 0 Å². The van der Waals surface area contributed by atoms with Gasteiger partial charge in [-0.1, -0.05) is 13.0 Å². The zero-order chi connectivity index (χ0) is 27.1. The van der Waals surface area contributed by atoms with Crippen molar-refractivity contribution in [3.05, 3.63) is 59.3 Å². The molecule has 2 saturated heterocycles. The minimum Gasteiger partial charge on any atom is -0.490 e. The zero-order valence-electron chi connectivity index (χ0n) is 22.3. The summed E-state index contributed by atoms with van der Waals surface area (Å²) in [7, 11) is 1.50. The molecular weight excluding hydrogens is 497 g/mol. The largest absolute Gasteiger partial charge is 0.490 e. The Kier molecular flexibility index (Phi) is 6.61. The molecule has 2 aliphatic heterocycles. The molecule has 2 atom stereocenters. The number of methoxy groups -OCH3 is 1. The molecule has 9 nitrogen and oxygen atoms in total. The van der Waals surface area contributed by atoms with Gasteiger partial charge in [-0.3, -0.25) is 9.88 Å². The summed E-state index contributed by atoms with van der Waals surface area (Å²) in [5.41, 5.74) is 3.20. The van der Waals surface area contributed by atoms with Crippen LogP contribution in [0.25, 0.3) is 22.6 Å². The number of hydrogen-bond acceptors (Lipinski definition) is 8. The van der Waals surface area contributed by atoms with Crippen molar-refractivity contribution in [3.8, 4) is 29.2 Å². The fourth-order valence-corrected chi connectivity index (χ4v) is 6.13. The molecule has 0 radical (unpaired) electrons. The van der Waals surface area contributed by atoms with Gasteiger partial charge in [0.25, 0.3) is 0 Å². The number of halogens is 1. The Labute approximate surface area is 226 Å². The van der Waals surface area contributed by atoms with E-state index in [9.17, 15) is 5.26 Å². The summed E-state index contributed by atoms with van der Waals surface area (Å²) in [4.78, 5) is 20.4. The Balaban J connectivity index is 1.32. The van der Waals surface area contributed by atoms with Crippen LogP contribution in [0.2, 0.25) is 0 Å². The van der Waals surface area contributed by atoms with Crippen molar-refractivity contribution in [2.24, 2.45) is 0 Å². The minimum absolute atomic E-state index is 0.104. The number of benzene rings is 1. The topological polar surface area (TPSA) is 102 Å². The third kappa shape index (κ3) is 4.68. The van der Waals surface area contributed by atoms with Gasteiger partial charge in [-0.25, -0.2) is 9.37 Å². The summed E-state index contributed by atoms with van der Waals surface area (Å²) in [5.74, 6) is 0.695. The summed E-state index contributed by atoms with van der Waals surface area (Å²) < 4.78 is 28.9. The first-order chi connectivity index (χ1) is 19.0. The minimum atomic E-state index is -0.365. The van der Waals surface area contributed by atoms with Gasteiger partial charge in [-0.15, -0.1) is 0 Å². The first kappa shape index (κ1) is 25.2. The van der Waals surface area contributed by atoms with Crippen LogP contribution in [-0.2, 0) is 6.54 Å². The van der Waals surface area contributed by atoms with Crippen molar-refractivity contribution in [1.29, 1.82) is 5.26 Å². The first-order valence-electron chi connectivity index (χ1n) is 13.3. The number of hydrogen-bond donors (Lipinski definition) is 0. The van der Waals surface area contributed by atoms with E-state index in [-0.39, 0.29) is 24.5 Å². The third-order valence-corrected chi connectivity index (χ3v) is 7.92. The summed E-state index contributed by atoms with van der Waals surface area (Å²) in [6, 6.07) is 10.2. The van der Waals surface area contributed by atoms with Gasteiger partial charge < -0.3 is 14.0 Å². The lowest BCUT2D eigenvalue weighted by Crippen LogP contribution is -2.46. The van der Waals surface area contributed by atoms with Crippen LogP contribution in [0.4, 0.5) is 4.39 Å². The van der Waals surface area contributed by atoms with Crippen LogP contribution < -0.4 is 9.47 Å². The SMILES string of the molecule is CCN1C2CCC1CC(Oc1ccc(Cn3c(-c4cncc(C#N)c4)nc4c(C)nc(OC)nc43)c(F)c1)C2. The number of aromatic nitrogens is 5. The number of nitriles is 1. The van der Waals surface area contributed by atoms with E-state index in [0.717, 1.165) is 19.4 Å². The standard InChI is InChI=1S/C29H30FN7O2/c1-4-36-21-6-7-22(36)11-24(10-21)39-23-8-5-19(25(30)12-23)16-37-27(20-9-18(13-31)14-32-15-20)34-26-17(2)33-29(38-3)35-28(26)37/h5,8-9,12,14-15,21-22,24H,4,6-7,10-11,16H2,1-3H3. The van der Waals surface area contributed by atoms with Crippen LogP contribution in [-0.4, -0.2) is 61.2 Å². The Hall–Kier alpha value is -4.10. The zero-order valence-corrected chi connectivity index (χ0v) is 22.3. The van der Waals surface area contributed by atoms with Crippen LogP contribution >= 0.6 is 0 Å². The van der Waals surface area contributed by atoms with E-state index in [1.54, 1.807) is 18.3 Å². The average Bonchev–Trinajstić information content (AvgIpc) is 3.43. The van der Waals surface area contributed by atoms with Crippen molar-refractivity contribution in [2.75, 3.05) is 13.7 Å². The van der Waals surface area contributed by atoms with Gasteiger partial charge in [0.2, 0.25) is 0 Å². The molecule has 3 aromatic heterocycles. The molecule has 2 fully saturated rings. The third-order valence-electron chi connectivity index (χ3n) is 7.92. The molecule has 2 bridgehead atoms. The second-order valence-electron chi connectivity index (χ2n) is 10.2. The van der Waals surface area contributed by atoms with E-state index in [1.807, 2.05) is 17.6 Å². The van der Waals surface area contributed by atoms with Crippen LogP contribution in [0, 0.1) is 24.1 Å². The molecule has 2 unspecified atom stereocenters. The molecule has 1 aromatic carbocycles. The van der Waals surface area contributed by atoms with E-state index >= 15 is 4.39 Å². The lowest BCUT2D eigenvalue weighted by Gasteiger charge is -2.38. The van der Waals surface area contributed by atoms with Gasteiger partial charge in [0.1, 0.15) is 35.1 Å². The Morgan fingerprint density at radius 3 is 2.59 bits per heavy atom. The summed E-state index contributed by atoms with van der Waals surface area (Å²) in [6.07, 6.45) is 7.61. The van der Waals surface area contributed by atoms with Gasteiger partial charge >= 0.3 is 6.01 Å². The maximum Gasteiger partial charge on any atom is 0.318 e. The van der Waals surface area contributed by atoms with E-state index in [0.29, 0.717) is 57.2 Å². The van der Waals surface area contributed by atoms with Gasteiger partial charge in [0.05, 0.1) is 24.9 Å². The van der Waals surface area contributed by atoms with Gasteiger partial charge in [0, 0.05) is 41.7 Å². The number of ether oxygens (including phenoxy) is 2. The maximum absolute atomic E-state index is 15.5. The van der Waals surface area contributed by atoms with Crippen LogP contribution in [0.5, 0.6) is 11.8 Å². The van der Waals surface area contributed by atoms with Gasteiger partial charge in [0.15, 0.2) is 5.65 Å². The molecule has 10 heteroatoms. The number of aryl methyl sites for hydroxylation is 1. The Bertz CT molecular complexity index is 1570. The highest BCUT2D eigenvalue weighted by Crippen LogP contribution is 2.37. The number of pyridine rings is 1. The normalized spacial score (nSPS) is 20.7. The molecule has 0 saturated carbocycles. The second-order valence-corrected chi connectivity index (χ2v) is 10.2. The van der Waals surface area contributed by atoms with Gasteiger partial charge in [-0.2, -0.15) is 15.2 Å². The fraction of sp³-hybridized carbons (Fsp3) is 0.414. The molecule has 0 amide bonds. The fourth-order valence-electron chi connectivity index (χ4n) is 6.13. The van der Waals surface area contributed by atoms with Crippen molar-refractivity contribution in [2.45, 2.75) is 64.3 Å². The van der Waals surface area contributed by atoms with Crippen molar-refractivity contribution >= 4 is 11.2 Å². The number of nitrogens with zero attached hydrogens (tertiary/aromatic N) is 7. The summed E-state index contributed by atoms with van der Waals surface area (Å²) in [5, 5.41) is 9.38. The monoisotopic (exact) mass is 527 g/mol. The molecular formula is C29H30FN7O2. The maximum atomic E-state index is 15.5. The molecule has 0 N–H and O–H groups in total. The van der Waals surface area contributed by atoms with E-state index in [1.165, 1.54) is 32.2 Å². The molecule has 6 rings (SSSR count). The van der Waals surface area contributed by atoms with Gasteiger partial charge in [-0.05, 0) is 51.3 Å². The predicted octanol–water partition coefficient (Wildman–Crippen LogP) is 4.66. The molecule has 200 valence electrons. The highest BCUT2D eigenvalue weighted by molar-refractivity contribution is 5.79. The highest BCUT2D eigenvalue weighted by Gasteiger charge is 2.40. The molecule has 2 aliphatic rings. The average molecular weight is 528 g/mol. The smallest absolute Gasteiger partial charge is 0.318 e. The van der Waals surface area contributed by atoms with E-state index < -0.39 is 0 Å². The van der Waals surface area contributed by atoms with Crippen molar-refractivity contribution in [3.63, 3.8) is 0 Å². The molecule has 0 aliphatic carbocycles. The summed E-state index contributed by atoms with van der Waals surface area (Å²) >= 11 is 0.